The second-order valence-corrected chi connectivity index (χ2v) is 5.63. The Morgan fingerprint density at radius 3 is 2.76 bits per heavy atom. The van der Waals surface area contributed by atoms with E-state index in [4.69, 9.17) is 10.5 Å². The topological polar surface area (TPSA) is 55.6 Å². The van der Waals surface area contributed by atoms with E-state index in [-0.39, 0.29) is 11.7 Å². The Hall–Kier alpha value is -0.770. The van der Waals surface area contributed by atoms with E-state index in [0.717, 1.165) is 32.2 Å². The van der Waals surface area contributed by atoms with Crippen molar-refractivity contribution in [2.24, 2.45) is 5.73 Å². The van der Waals surface area contributed by atoms with Crippen molar-refractivity contribution in [2.75, 3.05) is 13.1 Å². The number of nitrogens with zero attached hydrogens (tertiary/aromatic N) is 1. The van der Waals surface area contributed by atoms with E-state index in [1.54, 1.807) is 0 Å². The van der Waals surface area contributed by atoms with Crippen molar-refractivity contribution >= 4 is 6.09 Å². The van der Waals surface area contributed by atoms with Gasteiger partial charge in [-0.2, -0.15) is 0 Å². The van der Waals surface area contributed by atoms with Gasteiger partial charge in [0.2, 0.25) is 0 Å². The van der Waals surface area contributed by atoms with Crippen molar-refractivity contribution in [3.63, 3.8) is 0 Å². The standard InChI is InChI=1S/C13H24N2O2/c1-13(8-5-9-14)10-15(12(16)17-13)11-6-3-2-4-7-11/h11H,2-10,14H2,1H3. The zero-order valence-electron chi connectivity index (χ0n) is 10.8. The van der Waals surface area contributed by atoms with Gasteiger partial charge in [0.15, 0.2) is 0 Å². The van der Waals surface area contributed by atoms with Gasteiger partial charge >= 0.3 is 6.09 Å². The summed E-state index contributed by atoms with van der Waals surface area (Å²) in [6.07, 6.45) is 7.76. The maximum atomic E-state index is 11.9. The average Bonchev–Trinajstić information content (AvgIpc) is 2.64. The predicted molar refractivity (Wildman–Crippen MR) is 66.8 cm³/mol. The van der Waals surface area contributed by atoms with Gasteiger partial charge in [0.25, 0.3) is 0 Å². The monoisotopic (exact) mass is 240 g/mol. The first-order chi connectivity index (χ1) is 8.14. The van der Waals surface area contributed by atoms with Crippen LogP contribution in [0.4, 0.5) is 4.79 Å². The largest absolute Gasteiger partial charge is 0.441 e. The number of hydrogen-bond acceptors (Lipinski definition) is 3. The third kappa shape index (κ3) is 2.92. The van der Waals surface area contributed by atoms with Crippen molar-refractivity contribution < 1.29 is 9.53 Å². The quantitative estimate of drug-likeness (QED) is 0.820. The highest BCUT2D eigenvalue weighted by molar-refractivity contribution is 5.71. The second kappa shape index (κ2) is 5.25. The van der Waals surface area contributed by atoms with Gasteiger partial charge in [-0.15, -0.1) is 0 Å². The van der Waals surface area contributed by atoms with Crippen LogP contribution in [-0.2, 0) is 4.74 Å². The van der Waals surface area contributed by atoms with Crippen LogP contribution in [-0.4, -0.2) is 35.7 Å². The number of rotatable bonds is 4. The summed E-state index contributed by atoms with van der Waals surface area (Å²) in [5.41, 5.74) is 5.21. The van der Waals surface area contributed by atoms with Crippen LogP contribution in [0.5, 0.6) is 0 Å². The first kappa shape index (κ1) is 12.7. The number of ether oxygens (including phenoxy) is 1. The molecule has 1 aliphatic carbocycles. The highest BCUT2D eigenvalue weighted by Gasteiger charge is 2.43. The molecule has 0 aromatic carbocycles. The van der Waals surface area contributed by atoms with Gasteiger partial charge in [-0.1, -0.05) is 19.3 Å². The lowest BCUT2D eigenvalue weighted by Crippen LogP contribution is -2.39. The van der Waals surface area contributed by atoms with Gasteiger partial charge < -0.3 is 15.4 Å². The molecule has 1 atom stereocenters. The molecule has 17 heavy (non-hydrogen) atoms. The molecule has 0 bridgehead atoms. The van der Waals surface area contributed by atoms with Crippen LogP contribution in [0.3, 0.4) is 0 Å². The lowest BCUT2D eigenvalue weighted by Gasteiger charge is -2.30. The Labute approximate surface area is 103 Å². The molecule has 0 aromatic heterocycles. The first-order valence-corrected chi connectivity index (χ1v) is 6.84. The molecule has 2 fully saturated rings. The molecule has 1 aliphatic heterocycles. The molecule has 0 spiro atoms. The molecule has 4 nitrogen and oxygen atoms in total. The Balaban J connectivity index is 1.93. The van der Waals surface area contributed by atoms with Gasteiger partial charge in [0, 0.05) is 6.04 Å². The maximum absolute atomic E-state index is 11.9. The second-order valence-electron chi connectivity index (χ2n) is 5.63. The molecule has 1 saturated carbocycles. The third-order valence-corrected chi connectivity index (χ3v) is 4.00. The molecule has 1 heterocycles. The number of carbonyl (C=O) groups is 1. The fourth-order valence-corrected chi connectivity index (χ4v) is 3.00. The van der Waals surface area contributed by atoms with E-state index < -0.39 is 0 Å². The summed E-state index contributed by atoms with van der Waals surface area (Å²) in [5.74, 6) is 0. The van der Waals surface area contributed by atoms with Crippen LogP contribution in [0.2, 0.25) is 0 Å². The number of amides is 1. The summed E-state index contributed by atoms with van der Waals surface area (Å²) in [6, 6.07) is 0.413. The molecule has 1 amide bonds. The number of nitrogens with two attached hydrogens (primary N) is 1. The minimum absolute atomic E-state index is 0.114. The van der Waals surface area contributed by atoms with E-state index in [2.05, 4.69) is 0 Å². The lowest BCUT2D eigenvalue weighted by atomic mass is 9.93. The van der Waals surface area contributed by atoms with E-state index in [1.165, 1.54) is 19.3 Å². The first-order valence-electron chi connectivity index (χ1n) is 6.84. The van der Waals surface area contributed by atoms with Crippen LogP contribution in [0.1, 0.15) is 51.9 Å². The van der Waals surface area contributed by atoms with Crippen molar-refractivity contribution in [1.29, 1.82) is 0 Å². The normalized spacial score (nSPS) is 30.7. The van der Waals surface area contributed by atoms with Gasteiger partial charge in [-0.3, -0.25) is 0 Å². The van der Waals surface area contributed by atoms with Crippen molar-refractivity contribution in [3.05, 3.63) is 0 Å². The van der Waals surface area contributed by atoms with E-state index in [0.29, 0.717) is 12.6 Å². The van der Waals surface area contributed by atoms with Gasteiger partial charge in [-0.25, -0.2) is 4.79 Å². The average molecular weight is 240 g/mol. The minimum atomic E-state index is -0.312. The molecule has 0 radical (unpaired) electrons. The summed E-state index contributed by atoms with van der Waals surface area (Å²) in [5, 5.41) is 0. The van der Waals surface area contributed by atoms with E-state index in [1.807, 2.05) is 11.8 Å². The van der Waals surface area contributed by atoms with Crippen molar-refractivity contribution in [1.82, 2.24) is 4.90 Å². The molecule has 2 aliphatic rings. The number of cyclic esters (lactones) is 1. The molecular formula is C13H24N2O2. The van der Waals surface area contributed by atoms with Crippen molar-refractivity contribution in [3.8, 4) is 0 Å². The third-order valence-electron chi connectivity index (χ3n) is 4.00. The fourth-order valence-electron chi connectivity index (χ4n) is 3.00. The van der Waals surface area contributed by atoms with Crippen LogP contribution in [0.15, 0.2) is 0 Å². The zero-order valence-corrected chi connectivity index (χ0v) is 10.8. The van der Waals surface area contributed by atoms with Gasteiger partial charge in [0.1, 0.15) is 5.60 Å². The fraction of sp³-hybridized carbons (Fsp3) is 0.923. The minimum Gasteiger partial charge on any atom is -0.441 e. The summed E-state index contributed by atoms with van der Waals surface area (Å²) in [7, 11) is 0. The zero-order chi connectivity index (χ0) is 12.3. The molecule has 1 saturated heterocycles. The van der Waals surface area contributed by atoms with Crippen molar-refractivity contribution in [2.45, 2.75) is 63.5 Å². The lowest BCUT2D eigenvalue weighted by molar-refractivity contribution is 0.0636. The molecule has 98 valence electrons. The summed E-state index contributed by atoms with van der Waals surface area (Å²) in [4.78, 5) is 13.9. The number of hydrogen-bond donors (Lipinski definition) is 1. The predicted octanol–water partition coefficient (Wildman–Crippen LogP) is 2.27. The Morgan fingerprint density at radius 2 is 2.12 bits per heavy atom. The summed E-state index contributed by atoms with van der Waals surface area (Å²) in [6.45, 7) is 3.44. The Kier molecular flexibility index (Phi) is 3.92. The molecule has 0 aromatic rings. The SMILES string of the molecule is CC1(CCCN)CN(C2CCCCC2)C(=O)O1. The van der Waals surface area contributed by atoms with Crippen LogP contribution >= 0.6 is 0 Å². The molecule has 2 N–H and O–H groups in total. The Bertz CT molecular complexity index is 277. The van der Waals surface area contributed by atoms with Gasteiger partial charge in [-0.05, 0) is 39.2 Å². The van der Waals surface area contributed by atoms with Gasteiger partial charge in [0.05, 0.1) is 6.54 Å². The molecule has 4 heteroatoms. The number of carbonyl (C=O) groups excluding carboxylic acids is 1. The van der Waals surface area contributed by atoms with E-state index >= 15 is 0 Å². The highest BCUT2D eigenvalue weighted by Crippen LogP contribution is 2.32. The summed E-state index contributed by atoms with van der Waals surface area (Å²) < 4.78 is 5.55. The van der Waals surface area contributed by atoms with Crippen LogP contribution < -0.4 is 5.73 Å². The molecule has 1 unspecified atom stereocenters. The van der Waals surface area contributed by atoms with E-state index in [9.17, 15) is 4.79 Å². The molecular weight excluding hydrogens is 216 g/mol. The maximum Gasteiger partial charge on any atom is 0.410 e. The molecule has 2 rings (SSSR count). The highest BCUT2D eigenvalue weighted by atomic mass is 16.6. The van der Waals surface area contributed by atoms with Crippen LogP contribution in [0, 0.1) is 0 Å². The summed E-state index contributed by atoms with van der Waals surface area (Å²) >= 11 is 0. The Morgan fingerprint density at radius 1 is 1.41 bits per heavy atom. The van der Waals surface area contributed by atoms with Crippen LogP contribution in [0.25, 0.3) is 0 Å². The smallest absolute Gasteiger partial charge is 0.410 e.